The van der Waals surface area contributed by atoms with Gasteiger partial charge in [-0.2, -0.15) is 5.10 Å². The van der Waals surface area contributed by atoms with Crippen molar-refractivity contribution in [1.82, 2.24) is 29.9 Å². The maximum atomic E-state index is 14.0. The molecule has 0 bridgehead atoms. The molecular weight excluding hydrogens is 480 g/mol. The Balaban J connectivity index is 1.55. The molecular formula is C26H33F2N7O2. The number of unbranched alkanes of at least 4 members (excludes halogenated alkanes) is 1. The van der Waals surface area contributed by atoms with Crippen LogP contribution >= 0.6 is 0 Å². The molecule has 4 rings (SSSR count). The van der Waals surface area contributed by atoms with E-state index in [0.717, 1.165) is 43.5 Å². The Bertz CT molecular complexity index is 1250. The summed E-state index contributed by atoms with van der Waals surface area (Å²) >= 11 is 0. The highest BCUT2D eigenvalue weighted by Gasteiger charge is 2.38. The van der Waals surface area contributed by atoms with Crippen LogP contribution in [0.1, 0.15) is 73.9 Å². The number of fused-ring (bicyclic) bond motifs is 1. The van der Waals surface area contributed by atoms with Crippen LogP contribution in [0.3, 0.4) is 0 Å². The third-order valence-electron chi connectivity index (χ3n) is 7.03. The minimum Gasteiger partial charge on any atom is -0.337 e. The molecule has 0 radical (unpaired) electrons. The highest BCUT2D eigenvalue weighted by molar-refractivity contribution is 6.00. The van der Waals surface area contributed by atoms with Crippen molar-refractivity contribution >= 4 is 17.6 Å². The fourth-order valence-electron chi connectivity index (χ4n) is 4.98. The van der Waals surface area contributed by atoms with Gasteiger partial charge in [-0.1, -0.05) is 39.2 Å². The number of anilines is 1. The summed E-state index contributed by atoms with van der Waals surface area (Å²) < 4.78 is 31.2. The number of aryl methyl sites for hydroxylation is 1. The molecule has 2 unspecified atom stereocenters. The first-order chi connectivity index (χ1) is 17.7. The molecule has 0 saturated heterocycles. The summed E-state index contributed by atoms with van der Waals surface area (Å²) in [6.07, 6.45) is 5.66. The lowest BCUT2D eigenvalue weighted by Crippen LogP contribution is -2.47. The molecule has 3 heterocycles. The maximum Gasteiger partial charge on any atom is 0.291 e. The lowest BCUT2D eigenvalue weighted by atomic mass is 9.87. The van der Waals surface area contributed by atoms with E-state index in [-0.39, 0.29) is 35.8 Å². The number of rotatable bonds is 9. The second kappa shape index (κ2) is 11.2. The van der Waals surface area contributed by atoms with Crippen LogP contribution in [0.25, 0.3) is 0 Å². The molecule has 198 valence electrons. The number of halogens is 2. The molecule has 2 aromatic heterocycles. The van der Waals surface area contributed by atoms with Gasteiger partial charge in [-0.25, -0.2) is 23.1 Å². The molecule has 0 fully saturated rings. The van der Waals surface area contributed by atoms with Crippen molar-refractivity contribution in [2.75, 3.05) is 11.9 Å². The fraction of sp³-hybridized carbons (Fsp3) is 0.500. The summed E-state index contributed by atoms with van der Waals surface area (Å²) in [7, 11) is 1.68. The van der Waals surface area contributed by atoms with Crippen LogP contribution < -0.4 is 10.2 Å². The van der Waals surface area contributed by atoms with Crippen LogP contribution in [-0.4, -0.2) is 49.4 Å². The van der Waals surface area contributed by atoms with Gasteiger partial charge in [0, 0.05) is 18.7 Å². The van der Waals surface area contributed by atoms with Crippen LogP contribution in [-0.2, 0) is 11.3 Å². The van der Waals surface area contributed by atoms with Gasteiger partial charge in [0.05, 0.1) is 18.3 Å². The van der Waals surface area contributed by atoms with Crippen molar-refractivity contribution in [1.29, 1.82) is 0 Å². The van der Waals surface area contributed by atoms with Gasteiger partial charge in [0.25, 0.3) is 11.8 Å². The highest BCUT2D eigenvalue weighted by Crippen LogP contribution is 2.36. The van der Waals surface area contributed by atoms with Gasteiger partial charge >= 0.3 is 0 Å². The number of nitrogens with one attached hydrogen (secondary N) is 1. The SMILES string of the molecule is CCCCC(CC)C1C[C@H](NC(=O)c2ncn(Cc3c(F)cccc3F)n2)C(=O)N(C)c2cc(C)nn21. The second-order valence-corrected chi connectivity index (χ2v) is 9.59. The van der Waals surface area contributed by atoms with E-state index < -0.39 is 23.6 Å². The molecule has 9 nitrogen and oxygen atoms in total. The van der Waals surface area contributed by atoms with E-state index >= 15 is 0 Å². The number of likely N-dealkylation sites (N-methyl/N-ethyl adjacent to an activating group) is 1. The van der Waals surface area contributed by atoms with Crippen LogP contribution in [0.4, 0.5) is 14.6 Å². The lowest BCUT2D eigenvalue weighted by Gasteiger charge is -2.28. The molecule has 11 heteroatoms. The zero-order chi connectivity index (χ0) is 26.7. The van der Waals surface area contributed by atoms with Gasteiger partial charge in [-0.3, -0.25) is 14.5 Å². The Kier molecular flexibility index (Phi) is 7.99. The number of amides is 2. The van der Waals surface area contributed by atoms with E-state index in [1.165, 1.54) is 22.0 Å². The minimum atomic E-state index is -0.809. The summed E-state index contributed by atoms with van der Waals surface area (Å²) in [6.45, 7) is 5.96. The molecule has 3 aromatic rings. The third kappa shape index (κ3) is 5.55. The Morgan fingerprint density at radius 2 is 1.95 bits per heavy atom. The van der Waals surface area contributed by atoms with E-state index in [1.807, 2.05) is 17.7 Å². The Hall–Kier alpha value is -3.63. The quantitative estimate of drug-likeness (QED) is 0.466. The number of aromatic nitrogens is 5. The van der Waals surface area contributed by atoms with Gasteiger partial charge in [-0.05, 0) is 37.8 Å². The lowest BCUT2D eigenvalue weighted by molar-refractivity contribution is -0.120. The van der Waals surface area contributed by atoms with Gasteiger partial charge in [0.2, 0.25) is 5.82 Å². The number of carbonyl (C=O) groups excluding carboxylic acids is 2. The number of hydrogen-bond acceptors (Lipinski definition) is 5. The van der Waals surface area contributed by atoms with Crippen LogP contribution in [0.2, 0.25) is 0 Å². The van der Waals surface area contributed by atoms with Gasteiger partial charge in [0.15, 0.2) is 0 Å². The van der Waals surface area contributed by atoms with Crippen molar-refractivity contribution < 1.29 is 18.4 Å². The molecule has 1 aliphatic heterocycles. The Labute approximate surface area is 214 Å². The molecule has 0 aliphatic carbocycles. The van der Waals surface area contributed by atoms with Gasteiger partial charge in [-0.15, -0.1) is 5.10 Å². The van der Waals surface area contributed by atoms with Crippen molar-refractivity contribution in [3.63, 3.8) is 0 Å². The zero-order valence-electron chi connectivity index (χ0n) is 21.6. The standard InChI is InChI=1S/C26H33F2N7O2/c1-5-7-9-17(6-2)22-13-21(26(37)33(4)23-12-16(3)31-35(22)23)30-25(36)24-29-15-34(32-24)14-18-19(27)10-8-11-20(18)28/h8,10-12,15,17,21-22H,5-7,9,13-14H2,1-4H3,(H,30,36)/t17?,21-,22?/m0/s1. The number of benzene rings is 1. The number of hydrogen-bond donors (Lipinski definition) is 1. The van der Waals surface area contributed by atoms with Gasteiger partial charge in [0.1, 0.15) is 29.8 Å². The monoisotopic (exact) mass is 513 g/mol. The van der Waals surface area contributed by atoms with Crippen LogP contribution in [0.5, 0.6) is 0 Å². The van der Waals surface area contributed by atoms with Crippen molar-refractivity contribution in [3.8, 4) is 0 Å². The molecule has 1 N–H and O–H groups in total. The largest absolute Gasteiger partial charge is 0.337 e. The fourth-order valence-corrected chi connectivity index (χ4v) is 4.98. The predicted octanol–water partition coefficient (Wildman–Crippen LogP) is 4.03. The first-order valence-corrected chi connectivity index (χ1v) is 12.7. The first kappa shape index (κ1) is 26.4. The van der Waals surface area contributed by atoms with Crippen molar-refractivity contribution in [2.24, 2.45) is 5.92 Å². The zero-order valence-corrected chi connectivity index (χ0v) is 21.6. The van der Waals surface area contributed by atoms with Crippen molar-refractivity contribution in [2.45, 2.75) is 71.5 Å². The summed E-state index contributed by atoms with van der Waals surface area (Å²) in [6, 6.07) is 4.59. The van der Waals surface area contributed by atoms with Crippen LogP contribution in [0.15, 0.2) is 30.6 Å². The van der Waals surface area contributed by atoms with Gasteiger partial charge < -0.3 is 5.32 Å². The van der Waals surface area contributed by atoms with E-state index in [9.17, 15) is 18.4 Å². The Morgan fingerprint density at radius 1 is 1.22 bits per heavy atom. The molecule has 2 amide bonds. The third-order valence-corrected chi connectivity index (χ3v) is 7.03. The molecule has 37 heavy (non-hydrogen) atoms. The van der Waals surface area contributed by atoms with E-state index in [1.54, 1.807) is 7.05 Å². The van der Waals surface area contributed by atoms with E-state index in [2.05, 4.69) is 29.2 Å². The maximum absolute atomic E-state index is 14.0. The van der Waals surface area contributed by atoms with Crippen molar-refractivity contribution in [3.05, 3.63) is 59.3 Å². The molecule has 0 spiro atoms. The average Bonchev–Trinajstić information content (AvgIpc) is 3.49. The summed E-state index contributed by atoms with van der Waals surface area (Å²) in [4.78, 5) is 32.0. The molecule has 1 aliphatic rings. The predicted molar refractivity (Wildman–Crippen MR) is 134 cm³/mol. The second-order valence-electron chi connectivity index (χ2n) is 9.59. The summed E-state index contributed by atoms with van der Waals surface area (Å²) in [5, 5.41) is 11.6. The highest BCUT2D eigenvalue weighted by atomic mass is 19.1. The smallest absolute Gasteiger partial charge is 0.291 e. The number of carbonyl (C=O) groups is 2. The van der Waals surface area contributed by atoms with Crippen LogP contribution in [0, 0.1) is 24.5 Å². The summed E-state index contributed by atoms with van der Waals surface area (Å²) in [5.41, 5.74) is 0.652. The molecule has 0 saturated carbocycles. The number of nitrogens with zero attached hydrogens (tertiary/aromatic N) is 6. The summed E-state index contributed by atoms with van der Waals surface area (Å²) in [5.74, 6) is -1.49. The topological polar surface area (TPSA) is 97.9 Å². The normalized spacial score (nSPS) is 18.4. The van der Waals surface area contributed by atoms with E-state index in [0.29, 0.717) is 12.2 Å². The molecule has 1 aromatic carbocycles. The minimum absolute atomic E-state index is 0.0750. The van der Waals surface area contributed by atoms with E-state index in [4.69, 9.17) is 5.10 Å². The Morgan fingerprint density at radius 3 is 2.62 bits per heavy atom. The molecule has 3 atom stereocenters. The average molecular weight is 514 g/mol. The first-order valence-electron chi connectivity index (χ1n) is 12.7.